The summed E-state index contributed by atoms with van der Waals surface area (Å²) in [5.74, 6) is -0.121. The lowest BCUT2D eigenvalue weighted by Crippen LogP contribution is -2.47. The molecule has 4 heteroatoms. The van der Waals surface area contributed by atoms with Gasteiger partial charge in [-0.25, -0.2) is 4.39 Å². The molecule has 1 aromatic carbocycles. The summed E-state index contributed by atoms with van der Waals surface area (Å²) < 4.78 is 14.1. The van der Waals surface area contributed by atoms with E-state index in [1.807, 2.05) is 19.1 Å². The predicted molar refractivity (Wildman–Crippen MR) is 80.6 cm³/mol. The third-order valence-corrected chi connectivity index (χ3v) is 4.34. The molecule has 1 aromatic rings. The molecule has 1 aliphatic carbocycles. The maximum absolute atomic E-state index is 14.1. The Labute approximate surface area is 120 Å². The first-order chi connectivity index (χ1) is 9.65. The Morgan fingerprint density at radius 2 is 1.95 bits per heavy atom. The normalized spacial score (nSPS) is 22.1. The average Bonchev–Trinajstić information content (AvgIpc) is 3.25. The van der Waals surface area contributed by atoms with E-state index < -0.39 is 0 Å². The van der Waals surface area contributed by atoms with Crippen LogP contribution in [0.2, 0.25) is 0 Å². The van der Waals surface area contributed by atoms with Crippen LogP contribution in [0.5, 0.6) is 0 Å². The van der Waals surface area contributed by atoms with Crippen molar-refractivity contribution in [2.75, 3.05) is 31.1 Å². The van der Waals surface area contributed by atoms with Gasteiger partial charge < -0.3 is 10.6 Å². The maximum Gasteiger partial charge on any atom is 0.128 e. The first kappa shape index (κ1) is 13.8. The molecule has 0 aromatic heterocycles. The van der Waals surface area contributed by atoms with Gasteiger partial charge in [0.05, 0.1) is 0 Å². The van der Waals surface area contributed by atoms with E-state index in [0.29, 0.717) is 6.42 Å². The highest BCUT2D eigenvalue weighted by Crippen LogP contribution is 2.30. The summed E-state index contributed by atoms with van der Waals surface area (Å²) in [4.78, 5) is 4.89. The molecule has 1 aliphatic heterocycles. The van der Waals surface area contributed by atoms with Crippen LogP contribution in [0.4, 0.5) is 10.1 Å². The van der Waals surface area contributed by atoms with Gasteiger partial charge in [-0.3, -0.25) is 4.90 Å². The van der Waals surface area contributed by atoms with Gasteiger partial charge in [-0.15, -0.1) is 0 Å². The van der Waals surface area contributed by atoms with Crippen molar-refractivity contribution in [3.05, 3.63) is 29.6 Å². The molecule has 20 heavy (non-hydrogen) atoms. The molecule has 1 saturated carbocycles. The second kappa shape index (κ2) is 5.70. The Hall–Kier alpha value is -1.13. The summed E-state index contributed by atoms with van der Waals surface area (Å²) in [6.45, 7) is 6.11. The van der Waals surface area contributed by atoms with Crippen LogP contribution in [0.3, 0.4) is 0 Å². The zero-order valence-electron chi connectivity index (χ0n) is 12.2. The van der Waals surface area contributed by atoms with Gasteiger partial charge >= 0.3 is 0 Å². The largest absolute Gasteiger partial charge is 0.369 e. The fourth-order valence-electron chi connectivity index (χ4n) is 3.14. The predicted octanol–water partition coefficient (Wildman–Crippen LogP) is 2.00. The zero-order valence-corrected chi connectivity index (χ0v) is 12.2. The van der Waals surface area contributed by atoms with Crippen molar-refractivity contribution in [3.63, 3.8) is 0 Å². The van der Waals surface area contributed by atoms with E-state index in [-0.39, 0.29) is 11.9 Å². The summed E-state index contributed by atoms with van der Waals surface area (Å²) in [5, 5.41) is 0. The van der Waals surface area contributed by atoms with Crippen LogP contribution >= 0.6 is 0 Å². The minimum atomic E-state index is -0.121. The second-order valence-corrected chi connectivity index (χ2v) is 6.17. The second-order valence-electron chi connectivity index (χ2n) is 6.17. The molecule has 0 bridgehead atoms. The lowest BCUT2D eigenvalue weighted by molar-refractivity contribution is 0.248. The first-order valence-electron chi connectivity index (χ1n) is 7.67. The van der Waals surface area contributed by atoms with E-state index >= 15 is 0 Å². The Balaban J connectivity index is 1.74. The molecule has 1 atom stereocenters. The molecule has 0 amide bonds. The molecule has 1 heterocycles. The number of nitrogens with zero attached hydrogens (tertiary/aromatic N) is 2. The SMILES string of the molecule is CC(N)Cc1c(F)cccc1N1CCN(C2CC2)CC1. The molecule has 2 aliphatic rings. The average molecular weight is 277 g/mol. The third-order valence-electron chi connectivity index (χ3n) is 4.34. The fraction of sp³-hybridized carbons (Fsp3) is 0.625. The van der Waals surface area contributed by atoms with Crippen LogP contribution in [0.25, 0.3) is 0 Å². The lowest BCUT2D eigenvalue weighted by atomic mass is 10.0. The minimum absolute atomic E-state index is 0.0154. The number of anilines is 1. The summed E-state index contributed by atoms with van der Waals surface area (Å²) >= 11 is 0. The number of nitrogens with two attached hydrogens (primary N) is 1. The number of hydrogen-bond acceptors (Lipinski definition) is 3. The van der Waals surface area contributed by atoms with Crippen molar-refractivity contribution in [3.8, 4) is 0 Å². The summed E-state index contributed by atoms with van der Waals surface area (Å²) in [6, 6.07) is 6.20. The molecule has 2 N–H and O–H groups in total. The zero-order chi connectivity index (χ0) is 14.1. The number of rotatable bonds is 4. The van der Waals surface area contributed by atoms with Gasteiger partial charge in [0.1, 0.15) is 5.82 Å². The Morgan fingerprint density at radius 1 is 1.25 bits per heavy atom. The molecular formula is C16H24FN3. The summed E-state index contributed by atoms with van der Waals surface area (Å²) in [5.41, 5.74) is 7.69. The van der Waals surface area contributed by atoms with Crippen LogP contribution in [-0.4, -0.2) is 43.2 Å². The van der Waals surface area contributed by atoms with Crippen LogP contribution < -0.4 is 10.6 Å². The Morgan fingerprint density at radius 3 is 2.55 bits per heavy atom. The number of piperazine rings is 1. The lowest BCUT2D eigenvalue weighted by Gasteiger charge is -2.37. The smallest absolute Gasteiger partial charge is 0.128 e. The molecule has 1 saturated heterocycles. The van der Waals surface area contributed by atoms with Crippen LogP contribution in [0.1, 0.15) is 25.3 Å². The topological polar surface area (TPSA) is 32.5 Å². The van der Waals surface area contributed by atoms with Crippen LogP contribution in [0.15, 0.2) is 18.2 Å². The van der Waals surface area contributed by atoms with Crippen molar-refractivity contribution >= 4 is 5.69 Å². The van der Waals surface area contributed by atoms with E-state index in [4.69, 9.17) is 5.73 Å². The van der Waals surface area contributed by atoms with Crippen LogP contribution in [0, 0.1) is 5.82 Å². The highest BCUT2D eigenvalue weighted by molar-refractivity contribution is 5.55. The van der Waals surface area contributed by atoms with E-state index in [0.717, 1.165) is 43.5 Å². The van der Waals surface area contributed by atoms with Gasteiger partial charge in [0.25, 0.3) is 0 Å². The molecule has 3 rings (SSSR count). The van der Waals surface area contributed by atoms with E-state index in [9.17, 15) is 4.39 Å². The molecule has 1 unspecified atom stereocenters. The van der Waals surface area contributed by atoms with Gasteiger partial charge in [-0.2, -0.15) is 0 Å². The van der Waals surface area contributed by atoms with Crippen LogP contribution in [-0.2, 0) is 6.42 Å². The summed E-state index contributed by atoms with van der Waals surface area (Å²) in [6.07, 6.45) is 3.32. The monoisotopic (exact) mass is 277 g/mol. The number of halogens is 1. The molecule has 2 fully saturated rings. The van der Waals surface area contributed by atoms with E-state index in [1.54, 1.807) is 6.07 Å². The Bertz CT molecular complexity index is 463. The minimum Gasteiger partial charge on any atom is -0.369 e. The first-order valence-corrected chi connectivity index (χ1v) is 7.67. The van der Waals surface area contributed by atoms with Gasteiger partial charge in [0.15, 0.2) is 0 Å². The highest BCUT2D eigenvalue weighted by atomic mass is 19.1. The van der Waals surface area contributed by atoms with Crippen molar-refractivity contribution in [1.82, 2.24) is 4.90 Å². The molecule has 3 nitrogen and oxygen atoms in total. The standard InChI is InChI=1S/C16H24FN3/c1-12(18)11-14-15(17)3-2-4-16(14)20-9-7-19(8-10-20)13-5-6-13/h2-4,12-13H,5-11,18H2,1H3. The van der Waals surface area contributed by atoms with Gasteiger partial charge in [0.2, 0.25) is 0 Å². The van der Waals surface area contributed by atoms with Gasteiger partial charge in [-0.1, -0.05) is 6.07 Å². The highest BCUT2D eigenvalue weighted by Gasteiger charge is 2.31. The summed E-state index contributed by atoms with van der Waals surface area (Å²) in [7, 11) is 0. The van der Waals surface area contributed by atoms with Crippen molar-refractivity contribution in [1.29, 1.82) is 0 Å². The molecule has 110 valence electrons. The quantitative estimate of drug-likeness (QED) is 0.913. The van der Waals surface area contributed by atoms with Crippen molar-refractivity contribution < 1.29 is 4.39 Å². The third kappa shape index (κ3) is 2.96. The molecular weight excluding hydrogens is 253 g/mol. The van der Waals surface area contributed by atoms with E-state index in [2.05, 4.69) is 9.80 Å². The molecule has 0 radical (unpaired) electrons. The Kier molecular flexibility index (Phi) is 3.94. The van der Waals surface area contributed by atoms with Crippen molar-refractivity contribution in [2.24, 2.45) is 5.73 Å². The number of benzene rings is 1. The van der Waals surface area contributed by atoms with Gasteiger partial charge in [-0.05, 0) is 38.3 Å². The van der Waals surface area contributed by atoms with Gasteiger partial charge in [0, 0.05) is 49.5 Å². The van der Waals surface area contributed by atoms with E-state index in [1.165, 1.54) is 12.8 Å². The number of hydrogen-bond donors (Lipinski definition) is 1. The molecule has 0 spiro atoms. The maximum atomic E-state index is 14.1. The van der Waals surface area contributed by atoms with Crippen molar-refractivity contribution in [2.45, 2.75) is 38.3 Å². The fourth-order valence-corrected chi connectivity index (χ4v) is 3.14.